The van der Waals surface area contributed by atoms with Crippen molar-refractivity contribution in [3.63, 3.8) is 0 Å². The summed E-state index contributed by atoms with van der Waals surface area (Å²) in [5.74, 6) is 0. The Morgan fingerprint density at radius 1 is 0.389 bits per heavy atom. The molecule has 0 amide bonds. The molecule has 18 heavy (non-hydrogen) atoms. The highest BCUT2D eigenvalue weighted by atomic mass is 32.2. The molecular formula is C14H28S4. The first kappa shape index (κ1) is 19.4. The van der Waals surface area contributed by atoms with Gasteiger partial charge in [-0.2, -0.15) is 50.5 Å². The fourth-order valence-electron chi connectivity index (χ4n) is 1.98. The van der Waals surface area contributed by atoms with Crippen LogP contribution in [0.3, 0.4) is 0 Å². The second kappa shape index (κ2) is 14.8. The molecule has 0 nitrogen and oxygen atoms in total. The van der Waals surface area contributed by atoms with Crippen LogP contribution >= 0.6 is 50.5 Å². The number of hydrogen-bond donors (Lipinski definition) is 4. The van der Waals surface area contributed by atoms with Crippen LogP contribution in [0.1, 0.15) is 77.0 Å². The summed E-state index contributed by atoms with van der Waals surface area (Å²) in [6.45, 7) is 0. The van der Waals surface area contributed by atoms with Crippen molar-refractivity contribution in [2.75, 3.05) is 0 Å². The first-order chi connectivity index (χ1) is 8.63. The summed E-state index contributed by atoms with van der Waals surface area (Å²) in [5.41, 5.74) is 0. The average Bonchev–Trinajstić information content (AvgIpc) is 2.29. The van der Waals surface area contributed by atoms with E-state index in [0.29, 0.717) is 0 Å². The Hall–Kier alpha value is 1.40. The van der Waals surface area contributed by atoms with Crippen molar-refractivity contribution < 1.29 is 0 Å². The Labute approximate surface area is 136 Å². The maximum absolute atomic E-state index is 4.18. The molecule has 0 spiro atoms. The van der Waals surface area contributed by atoms with Gasteiger partial charge in [-0.05, 0) is 12.8 Å². The van der Waals surface area contributed by atoms with Gasteiger partial charge in [-0.1, -0.05) is 64.2 Å². The Kier molecular flexibility index (Phi) is 16.0. The van der Waals surface area contributed by atoms with Crippen molar-refractivity contribution in [2.24, 2.45) is 0 Å². The van der Waals surface area contributed by atoms with Crippen LogP contribution in [0.15, 0.2) is 0 Å². The standard InChI is InChI=1S/C14H28S4/c15-13(16)11-9-7-5-3-1-2-4-6-8-10-12-14(17)18/h15-18H,1-12H2. The summed E-state index contributed by atoms with van der Waals surface area (Å²) in [5, 5.41) is 0. The van der Waals surface area contributed by atoms with Gasteiger partial charge in [0.2, 0.25) is 0 Å². The van der Waals surface area contributed by atoms with Gasteiger partial charge in [0, 0.05) is 0 Å². The third-order valence-electron chi connectivity index (χ3n) is 3.05. The molecule has 108 valence electrons. The van der Waals surface area contributed by atoms with Gasteiger partial charge < -0.3 is 0 Å². The van der Waals surface area contributed by atoms with E-state index in [4.69, 9.17) is 0 Å². The summed E-state index contributed by atoms with van der Waals surface area (Å²) in [4.78, 5) is 0. The fraction of sp³-hybridized carbons (Fsp3) is 0.857. The molecule has 0 saturated carbocycles. The third-order valence-corrected chi connectivity index (χ3v) is 3.95. The van der Waals surface area contributed by atoms with Crippen molar-refractivity contribution in [3.8, 4) is 0 Å². The molecule has 0 aliphatic carbocycles. The van der Waals surface area contributed by atoms with E-state index in [9.17, 15) is 0 Å². The van der Waals surface area contributed by atoms with Gasteiger partial charge in [-0.15, -0.1) is 0 Å². The maximum Gasteiger partial charge on any atom is 0.0784 e. The van der Waals surface area contributed by atoms with Crippen LogP contribution in [0.25, 0.3) is 0 Å². The lowest BCUT2D eigenvalue weighted by Gasteiger charge is -2.04. The maximum atomic E-state index is 4.18. The molecule has 0 aromatic rings. The van der Waals surface area contributed by atoms with Gasteiger partial charge in [0.1, 0.15) is 0 Å². The number of unbranched alkanes of at least 4 members (excludes halogenated alkanes) is 9. The highest BCUT2D eigenvalue weighted by Crippen LogP contribution is 2.21. The SMILES string of the molecule is S[C](S)CCCCCCCCCCCC[C](S)S. The minimum atomic E-state index is 0.970. The molecule has 0 fully saturated rings. The Balaban J connectivity index is 2.95. The predicted octanol–water partition coefficient (Wildman–Crippen LogP) is 6.37. The summed E-state index contributed by atoms with van der Waals surface area (Å²) in [6.07, 6.45) is 15.6. The normalized spacial score (nSPS) is 11.7. The molecule has 0 saturated heterocycles. The molecule has 0 aromatic heterocycles. The van der Waals surface area contributed by atoms with Crippen LogP contribution in [-0.4, -0.2) is 0 Å². The van der Waals surface area contributed by atoms with E-state index in [-0.39, 0.29) is 0 Å². The monoisotopic (exact) mass is 324 g/mol. The van der Waals surface area contributed by atoms with Crippen molar-refractivity contribution in [1.82, 2.24) is 0 Å². The summed E-state index contributed by atoms with van der Waals surface area (Å²) < 4.78 is 1.94. The molecule has 0 heterocycles. The average molecular weight is 325 g/mol. The van der Waals surface area contributed by atoms with E-state index < -0.39 is 0 Å². The zero-order valence-electron chi connectivity index (χ0n) is 11.3. The van der Waals surface area contributed by atoms with E-state index in [1.807, 2.05) is 0 Å². The third kappa shape index (κ3) is 17.4. The van der Waals surface area contributed by atoms with Gasteiger partial charge in [0.25, 0.3) is 0 Å². The molecule has 0 aliphatic heterocycles. The van der Waals surface area contributed by atoms with E-state index in [0.717, 1.165) is 22.0 Å². The quantitative estimate of drug-likeness (QED) is 0.220. The van der Waals surface area contributed by atoms with E-state index in [2.05, 4.69) is 50.5 Å². The van der Waals surface area contributed by atoms with Crippen LogP contribution in [-0.2, 0) is 0 Å². The Morgan fingerprint density at radius 2 is 0.611 bits per heavy atom. The van der Waals surface area contributed by atoms with Crippen LogP contribution in [0.5, 0.6) is 0 Å². The van der Waals surface area contributed by atoms with Gasteiger partial charge in [0.15, 0.2) is 0 Å². The molecular weight excluding hydrogens is 296 g/mol. The van der Waals surface area contributed by atoms with Crippen molar-refractivity contribution in [1.29, 1.82) is 0 Å². The topological polar surface area (TPSA) is 0 Å². The van der Waals surface area contributed by atoms with Crippen LogP contribution < -0.4 is 0 Å². The first-order valence-electron chi connectivity index (χ1n) is 7.10. The molecule has 0 N–H and O–H groups in total. The molecule has 2 radical (unpaired) electrons. The molecule has 0 atom stereocenters. The van der Waals surface area contributed by atoms with Crippen LogP contribution in [0.4, 0.5) is 0 Å². The van der Waals surface area contributed by atoms with Crippen molar-refractivity contribution in [2.45, 2.75) is 77.0 Å². The molecule has 4 heteroatoms. The smallest absolute Gasteiger partial charge is 0.0784 e. The highest BCUT2D eigenvalue weighted by molar-refractivity contribution is 8.03. The fourth-order valence-corrected chi connectivity index (χ4v) is 2.61. The van der Waals surface area contributed by atoms with Gasteiger partial charge >= 0.3 is 0 Å². The van der Waals surface area contributed by atoms with E-state index in [1.165, 1.54) is 64.2 Å². The number of hydrogen-bond acceptors (Lipinski definition) is 4. The zero-order valence-corrected chi connectivity index (χ0v) is 14.9. The lowest BCUT2D eigenvalue weighted by molar-refractivity contribution is 0.552. The molecule has 0 aromatic carbocycles. The van der Waals surface area contributed by atoms with Crippen LogP contribution in [0.2, 0.25) is 0 Å². The summed E-state index contributed by atoms with van der Waals surface area (Å²) in [6, 6.07) is 0. The highest BCUT2D eigenvalue weighted by Gasteiger charge is 1.98. The Morgan fingerprint density at radius 3 is 0.833 bits per heavy atom. The first-order valence-corrected chi connectivity index (χ1v) is 8.89. The van der Waals surface area contributed by atoms with Crippen molar-refractivity contribution in [3.05, 3.63) is 9.16 Å². The largest absolute Gasteiger partial charge is 0.159 e. The second-order valence-corrected chi connectivity index (χ2v) is 7.73. The number of rotatable bonds is 13. The van der Waals surface area contributed by atoms with Crippen LogP contribution in [0, 0.1) is 9.16 Å². The molecule has 0 rings (SSSR count). The van der Waals surface area contributed by atoms with Crippen molar-refractivity contribution >= 4 is 50.5 Å². The molecule has 0 unspecified atom stereocenters. The molecule has 0 bridgehead atoms. The summed E-state index contributed by atoms with van der Waals surface area (Å²) >= 11 is 16.7. The van der Waals surface area contributed by atoms with E-state index >= 15 is 0 Å². The zero-order chi connectivity index (χ0) is 13.6. The molecule has 0 aliphatic rings. The van der Waals surface area contributed by atoms with E-state index in [1.54, 1.807) is 0 Å². The van der Waals surface area contributed by atoms with Gasteiger partial charge in [0.05, 0.1) is 9.16 Å². The minimum Gasteiger partial charge on any atom is -0.159 e. The minimum absolute atomic E-state index is 0.970. The lowest BCUT2D eigenvalue weighted by atomic mass is 10.1. The van der Waals surface area contributed by atoms with Gasteiger partial charge in [-0.25, -0.2) is 0 Å². The lowest BCUT2D eigenvalue weighted by Crippen LogP contribution is -1.84. The summed E-state index contributed by atoms with van der Waals surface area (Å²) in [7, 11) is 0. The second-order valence-electron chi connectivity index (χ2n) is 4.87. The Bertz CT molecular complexity index is 142. The van der Waals surface area contributed by atoms with Gasteiger partial charge in [-0.3, -0.25) is 0 Å². The predicted molar refractivity (Wildman–Crippen MR) is 97.8 cm³/mol. The number of thiol groups is 4.